The van der Waals surface area contributed by atoms with Crippen LogP contribution in [-0.4, -0.2) is 31.7 Å². The number of hydrogen-bond acceptors (Lipinski definition) is 4. The van der Waals surface area contributed by atoms with Gasteiger partial charge in [0.1, 0.15) is 0 Å². The zero-order valence-electron chi connectivity index (χ0n) is 15.8. The van der Waals surface area contributed by atoms with E-state index in [0.717, 1.165) is 18.4 Å². The Bertz CT molecular complexity index is 986. The van der Waals surface area contributed by atoms with Gasteiger partial charge in [0.05, 0.1) is 17.4 Å². The van der Waals surface area contributed by atoms with Gasteiger partial charge < -0.3 is 5.32 Å². The predicted octanol–water partition coefficient (Wildman–Crippen LogP) is 3.43. The van der Waals surface area contributed by atoms with E-state index in [-0.39, 0.29) is 16.4 Å². The molecular weight excluding hydrogens is 374 g/mol. The summed E-state index contributed by atoms with van der Waals surface area (Å²) in [6, 6.07) is 15.2. The molecule has 1 saturated heterocycles. The number of piperidine rings is 1. The molecule has 1 aliphatic rings. The Hall–Kier alpha value is -2.69. The van der Waals surface area contributed by atoms with E-state index < -0.39 is 10.0 Å². The minimum absolute atomic E-state index is 0.138. The van der Waals surface area contributed by atoms with Gasteiger partial charge in [0.25, 0.3) is 5.91 Å². The smallest absolute Gasteiger partial charge is 0.255 e. The number of sulfonamides is 1. The van der Waals surface area contributed by atoms with E-state index in [4.69, 9.17) is 5.26 Å². The average Bonchev–Trinajstić information content (AvgIpc) is 2.70. The van der Waals surface area contributed by atoms with E-state index in [1.54, 1.807) is 36.4 Å². The minimum atomic E-state index is -3.60. The van der Waals surface area contributed by atoms with Crippen LogP contribution in [0.1, 0.15) is 35.7 Å². The zero-order valence-corrected chi connectivity index (χ0v) is 16.6. The van der Waals surface area contributed by atoms with E-state index in [0.29, 0.717) is 31.1 Å². The number of nitriles is 1. The maximum absolute atomic E-state index is 12.9. The van der Waals surface area contributed by atoms with Gasteiger partial charge in [0, 0.05) is 24.3 Å². The van der Waals surface area contributed by atoms with Crippen molar-refractivity contribution in [1.29, 1.82) is 5.26 Å². The topological polar surface area (TPSA) is 90.3 Å². The van der Waals surface area contributed by atoms with Crippen molar-refractivity contribution in [2.75, 3.05) is 18.4 Å². The van der Waals surface area contributed by atoms with Crippen LogP contribution in [-0.2, 0) is 16.4 Å². The fourth-order valence-corrected chi connectivity index (χ4v) is 4.69. The van der Waals surface area contributed by atoms with Gasteiger partial charge in [0.2, 0.25) is 10.0 Å². The number of nitrogens with zero attached hydrogens (tertiary/aromatic N) is 2. The van der Waals surface area contributed by atoms with Crippen molar-refractivity contribution in [3.05, 3.63) is 59.7 Å². The van der Waals surface area contributed by atoms with E-state index in [1.807, 2.05) is 0 Å². The van der Waals surface area contributed by atoms with Crippen LogP contribution in [0.5, 0.6) is 0 Å². The Balaban J connectivity index is 1.75. The number of carbonyl (C=O) groups excluding carboxylic acids is 1. The molecule has 28 heavy (non-hydrogen) atoms. The molecule has 1 fully saturated rings. The Morgan fingerprint density at radius 3 is 2.50 bits per heavy atom. The third-order valence-electron chi connectivity index (χ3n) is 4.97. The molecule has 7 heteroatoms. The van der Waals surface area contributed by atoms with Crippen molar-refractivity contribution in [1.82, 2.24) is 4.31 Å². The lowest BCUT2D eigenvalue weighted by Gasteiger charge is -2.29. The van der Waals surface area contributed by atoms with Crippen LogP contribution in [0.15, 0.2) is 53.4 Å². The SMILES string of the molecule is CC1CCN(S(=O)(=O)c2cccc(C(=O)Nc3ccc(CC#N)cc3)c2)CC1. The summed E-state index contributed by atoms with van der Waals surface area (Å²) in [5, 5.41) is 11.5. The van der Waals surface area contributed by atoms with Crippen molar-refractivity contribution < 1.29 is 13.2 Å². The molecule has 1 amide bonds. The first-order valence-electron chi connectivity index (χ1n) is 9.27. The van der Waals surface area contributed by atoms with Gasteiger partial charge in [-0.15, -0.1) is 0 Å². The fraction of sp³-hybridized carbons (Fsp3) is 0.333. The van der Waals surface area contributed by atoms with Crippen molar-refractivity contribution in [3.63, 3.8) is 0 Å². The third kappa shape index (κ3) is 4.58. The van der Waals surface area contributed by atoms with Crippen molar-refractivity contribution >= 4 is 21.6 Å². The molecule has 0 spiro atoms. The molecule has 1 N–H and O–H groups in total. The monoisotopic (exact) mass is 397 g/mol. The molecular formula is C21H23N3O3S. The summed E-state index contributed by atoms with van der Waals surface area (Å²) in [6.07, 6.45) is 2.01. The lowest BCUT2D eigenvalue weighted by molar-refractivity contribution is 0.102. The van der Waals surface area contributed by atoms with E-state index >= 15 is 0 Å². The molecule has 146 valence electrons. The summed E-state index contributed by atoms with van der Waals surface area (Å²) in [4.78, 5) is 12.7. The van der Waals surface area contributed by atoms with Gasteiger partial charge in [-0.05, 0) is 54.7 Å². The van der Waals surface area contributed by atoms with Crippen LogP contribution >= 0.6 is 0 Å². The van der Waals surface area contributed by atoms with Gasteiger partial charge in [0.15, 0.2) is 0 Å². The molecule has 0 unspecified atom stereocenters. The minimum Gasteiger partial charge on any atom is -0.322 e. The molecule has 0 bridgehead atoms. The predicted molar refractivity (Wildman–Crippen MR) is 107 cm³/mol. The Morgan fingerprint density at radius 2 is 1.86 bits per heavy atom. The second-order valence-corrected chi connectivity index (χ2v) is 9.04. The van der Waals surface area contributed by atoms with Gasteiger partial charge in [-0.25, -0.2) is 8.42 Å². The number of anilines is 1. The lowest BCUT2D eigenvalue weighted by atomic mass is 10.0. The molecule has 0 saturated carbocycles. The first kappa shape index (κ1) is 20.1. The van der Waals surface area contributed by atoms with Crippen LogP contribution in [0.4, 0.5) is 5.69 Å². The summed E-state index contributed by atoms with van der Waals surface area (Å²) >= 11 is 0. The normalized spacial score (nSPS) is 15.7. The molecule has 1 aliphatic heterocycles. The first-order valence-corrected chi connectivity index (χ1v) is 10.7. The molecule has 0 aliphatic carbocycles. The highest BCUT2D eigenvalue weighted by Gasteiger charge is 2.28. The third-order valence-corrected chi connectivity index (χ3v) is 6.87. The summed E-state index contributed by atoms with van der Waals surface area (Å²) < 4.78 is 27.3. The fourth-order valence-electron chi connectivity index (χ4n) is 3.17. The molecule has 0 aromatic heterocycles. The van der Waals surface area contributed by atoms with Crippen LogP contribution in [0.25, 0.3) is 0 Å². The number of rotatable bonds is 5. The van der Waals surface area contributed by atoms with Gasteiger partial charge in [-0.1, -0.05) is 25.1 Å². The highest BCUT2D eigenvalue weighted by Crippen LogP contribution is 2.24. The van der Waals surface area contributed by atoms with Crippen LogP contribution in [0.2, 0.25) is 0 Å². The van der Waals surface area contributed by atoms with Gasteiger partial charge in [-0.3, -0.25) is 4.79 Å². The quantitative estimate of drug-likeness (QED) is 0.837. The Morgan fingerprint density at radius 1 is 1.18 bits per heavy atom. The molecule has 0 radical (unpaired) electrons. The standard InChI is InChI=1S/C21H23N3O3S/c1-16-10-13-24(14-11-16)28(26,27)20-4-2-3-18(15-20)21(25)23-19-7-5-17(6-8-19)9-12-22/h2-8,15-16H,9-11,13-14H2,1H3,(H,23,25). The van der Waals surface area contributed by atoms with Crippen molar-refractivity contribution in [3.8, 4) is 6.07 Å². The van der Waals surface area contributed by atoms with E-state index in [2.05, 4.69) is 18.3 Å². The van der Waals surface area contributed by atoms with Gasteiger partial charge in [-0.2, -0.15) is 9.57 Å². The Kier molecular flexibility index (Phi) is 6.12. The van der Waals surface area contributed by atoms with Crippen LogP contribution in [0.3, 0.4) is 0 Å². The average molecular weight is 398 g/mol. The van der Waals surface area contributed by atoms with Crippen LogP contribution in [0, 0.1) is 17.2 Å². The number of nitrogens with one attached hydrogen (secondary N) is 1. The first-order chi connectivity index (χ1) is 13.4. The van der Waals surface area contributed by atoms with E-state index in [9.17, 15) is 13.2 Å². The zero-order chi connectivity index (χ0) is 20.1. The largest absolute Gasteiger partial charge is 0.322 e. The van der Waals surface area contributed by atoms with Crippen molar-refractivity contribution in [2.24, 2.45) is 5.92 Å². The number of benzene rings is 2. The summed E-state index contributed by atoms with van der Waals surface area (Å²) in [6.45, 7) is 3.14. The summed E-state index contributed by atoms with van der Waals surface area (Å²) in [7, 11) is -3.60. The maximum atomic E-state index is 12.9. The second kappa shape index (κ2) is 8.55. The summed E-state index contributed by atoms with van der Waals surface area (Å²) in [5.74, 6) is 0.153. The highest BCUT2D eigenvalue weighted by molar-refractivity contribution is 7.89. The molecule has 0 atom stereocenters. The van der Waals surface area contributed by atoms with E-state index in [1.165, 1.54) is 16.4 Å². The molecule has 6 nitrogen and oxygen atoms in total. The van der Waals surface area contributed by atoms with Gasteiger partial charge >= 0.3 is 0 Å². The number of carbonyl (C=O) groups is 1. The molecule has 1 heterocycles. The number of hydrogen-bond donors (Lipinski definition) is 1. The molecule has 3 rings (SSSR count). The Labute approximate surface area is 165 Å². The highest BCUT2D eigenvalue weighted by atomic mass is 32.2. The number of amides is 1. The molecule has 2 aromatic rings. The van der Waals surface area contributed by atoms with Crippen molar-refractivity contribution in [2.45, 2.75) is 31.1 Å². The molecule has 2 aromatic carbocycles. The maximum Gasteiger partial charge on any atom is 0.255 e. The second-order valence-electron chi connectivity index (χ2n) is 7.10. The van der Waals surface area contributed by atoms with Crippen LogP contribution < -0.4 is 5.32 Å². The summed E-state index contributed by atoms with van der Waals surface area (Å²) in [5.41, 5.74) is 1.74. The lowest BCUT2D eigenvalue weighted by Crippen LogP contribution is -2.37.